The Balaban J connectivity index is 1.83. The molecule has 8 heteroatoms. The predicted molar refractivity (Wildman–Crippen MR) is 148 cm³/mol. The molecule has 1 spiro atoms. The van der Waals surface area contributed by atoms with Gasteiger partial charge in [-0.3, -0.25) is 14.4 Å². The number of anilines is 1. The standard InChI is InChI=1S/C29H39N3O4S/c1-7-14-30(6)26(34)23-22-12-13-29(37-22)24(23)27(35)32(20(9-3)17-33)25(29)28(36)31(15-8-2)21-16-18(4)10-11-19(21)5/h7-8,10-11,16,20,22-25,33H,1-2,9,12-15,17H2,3-6H3/t20-,22-,23+,24-,25?,29?/m0/s1. The van der Waals surface area contributed by atoms with Crippen LogP contribution >= 0.6 is 11.8 Å². The molecule has 1 aromatic rings. The van der Waals surface area contributed by atoms with E-state index in [4.69, 9.17) is 0 Å². The largest absolute Gasteiger partial charge is 0.394 e. The lowest BCUT2D eigenvalue weighted by molar-refractivity contribution is -0.144. The summed E-state index contributed by atoms with van der Waals surface area (Å²) in [5.41, 5.74) is 2.79. The molecule has 4 rings (SSSR count). The van der Waals surface area contributed by atoms with Crippen LogP contribution in [-0.4, -0.2) is 81.5 Å². The minimum absolute atomic E-state index is 0.00562. The van der Waals surface area contributed by atoms with Gasteiger partial charge in [0.05, 0.1) is 29.2 Å². The highest BCUT2D eigenvalue weighted by Crippen LogP contribution is 2.67. The van der Waals surface area contributed by atoms with E-state index in [2.05, 4.69) is 13.2 Å². The number of likely N-dealkylation sites (tertiary alicyclic amines) is 1. The molecule has 2 bridgehead atoms. The maximum absolute atomic E-state index is 14.6. The number of nitrogens with zero attached hydrogens (tertiary/aromatic N) is 3. The lowest BCUT2D eigenvalue weighted by Crippen LogP contribution is -2.57. The number of carbonyl (C=O) groups excluding carboxylic acids is 3. The maximum atomic E-state index is 14.6. The molecule has 200 valence electrons. The first-order chi connectivity index (χ1) is 17.7. The molecule has 3 aliphatic rings. The predicted octanol–water partition coefficient (Wildman–Crippen LogP) is 3.33. The van der Waals surface area contributed by atoms with Gasteiger partial charge < -0.3 is 19.8 Å². The monoisotopic (exact) mass is 525 g/mol. The number of aliphatic hydroxyl groups excluding tert-OH is 1. The third-order valence-corrected chi connectivity index (χ3v) is 10.3. The zero-order valence-corrected chi connectivity index (χ0v) is 23.2. The van der Waals surface area contributed by atoms with Gasteiger partial charge in [0.25, 0.3) is 5.91 Å². The second-order valence-corrected chi connectivity index (χ2v) is 12.2. The Kier molecular flexibility index (Phi) is 7.91. The van der Waals surface area contributed by atoms with Crippen molar-refractivity contribution in [3.8, 4) is 0 Å². The Bertz CT molecular complexity index is 1100. The van der Waals surface area contributed by atoms with Gasteiger partial charge in [-0.15, -0.1) is 24.9 Å². The molecule has 3 aliphatic heterocycles. The van der Waals surface area contributed by atoms with Crippen LogP contribution in [-0.2, 0) is 14.4 Å². The zero-order chi connectivity index (χ0) is 27.1. The van der Waals surface area contributed by atoms with E-state index in [1.807, 2.05) is 39.0 Å². The Morgan fingerprint density at radius 2 is 1.95 bits per heavy atom. The number of amides is 3. The fraction of sp³-hybridized carbons (Fsp3) is 0.552. The third kappa shape index (κ3) is 4.32. The SMILES string of the molecule is C=CCN(C)C(=O)[C@@H]1[C@@H]2CCC3(S2)C(C(=O)N(CC=C)c2cc(C)ccc2C)N([C@@H](CC)CO)C(=O)[C@H]13. The number of hydrogen-bond donors (Lipinski definition) is 1. The number of aryl methyl sites for hydroxylation is 2. The Hall–Kier alpha value is -2.58. The summed E-state index contributed by atoms with van der Waals surface area (Å²) in [5, 5.41) is 10.3. The first-order valence-electron chi connectivity index (χ1n) is 13.1. The molecule has 6 atom stereocenters. The third-order valence-electron chi connectivity index (χ3n) is 8.34. The number of likely N-dealkylation sites (N-methyl/N-ethyl adjacent to an activating group) is 1. The minimum atomic E-state index is -0.764. The van der Waals surface area contributed by atoms with Gasteiger partial charge in [-0.2, -0.15) is 0 Å². The molecule has 2 unspecified atom stereocenters. The Labute approximate surface area is 224 Å². The van der Waals surface area contributed by atoms with Crippen molar-refractivity contribution in [2.45, 2.75) is 62.1 Å². The van der Waals surface area contributed by atoms with Crippen molar-refractivity contribution in [3.05, 3.63) is 54.6 Å². The lowest BCUT2D eigenvalue weighted by Gasteiger charge is -2.39. The molecule has 0 aromatic heterocycles. The summed E-state index contributed by atoms with van der Waals surface area (Å²) in [6, 6.07) is 4.74. The van der Waals surface area contributed by atoms with Crippen LogP contribution in [0.3, 0.4) is 0 Å². The van der Waals surface area contributed by atoms with Crippen LogP contribution in [0.25, 0.3) is 0 Å². The number of thioether (sulfide) groups is 1. The van der Waals surface area contributed by atoms with Crippen molar-refractivity contribution in [2.24, 2.45) is 11.8 Å². The Morgan fingerprint density at radius 3 is 2.57 bits per heavy atom. The van der Waals surface area contributed by atoms with E-state index >= 15 is 0 Å². The highest BCUT2D eigenvalue weighted by atomic mass is 32.2. The van der Waals surface area contributed by atoms with E-state index in [1.54, 1.807) is 45.7 Å². The Morgan fingerprint density at radius 1 is 1.24 bits per heavy atom. The fourth-order valence-corrected chi connectivity index (χ4v) is 8.78. The molecule has 1 aromatic carbocycles. The summed E-state index contributed by atoms with van der Waals surface area (Å²) < 4.78 is -0.700. The summed E-state index contributed by atoms with van der Waals surface area (Å²) >= 11 is 1.65. The van der Waals surface area contributed by atoms with Gasteiger partial charge in [0.15, 0.2) is 0 Å². The number of fused-ring (bicyclic) bond motifs is 1. The topological polar surface area (TPSA) is 81.2 Å². The molecule has 3 amide bonds. The van der Waals surface area contributed by atoms with Crippen LogP contribution in [0.5, 0.6) is 0 Å². The van der Waals surface area contributed by atoms with Gasteiger partial charge >= 0.3 is 0 Å². The maximum Gasteiger partial charge on any atom is 0.251 e. The van der Waals surface area contributed by atoms with E-state index in [0.29, 0.717) is 25.9 Å². The summed E-state index contributed by atoms with van der Waals surface area (Å²) in [7, 11) is 1.74. The molecule has 0 aliphatic carbocycles. The van der Waals surface area contributed by atoms with Crippen molar-refractivity contribution >= 4 is 35.2 Å². The van der Waals surface area contributed by atoms with Crippen LogP contribution in [0, 0.1) is 25.7 Å². The lowest BCUT2D eigenvalue weighted by atomic mass is 9.70. The van der Waals surface area contributed by atoms with Crippen molar-refractivity contribution in [1.29, 1.82) is 0 Å². The van der Waals surface area contributed by atoms with Gasteiger partial charge in [-0.25, -0.2) is 0 Å². The smallest absolute Gasteiger partial charge is 0.251 e. The van der Waals surface area contributed by atoms with Gasteiger partial charge in [0, 0.05) is 31.1 Å². The van der Waals surface area contributed by atoms with Crippen LogP contribution < -0.4 is 4.90 Å². The van der Waals surface area contributed by atoms with E-state index < -0.39 is 28.7 Å². The number of aliphatic hydroxyl groups is 1. The average molecular weight is 526 g/mol. The van der Waals surface area contributed by atoms with Gasteiger partial charge in [0.1, 0.15) is 6.04 Å². The van der Waals surface area contributed by atoms with Crippen molar-refractivity contribution in [3.63, 3.8) is 0 Å². The number of benzene rings is 1. The zero-order valence-electron chi connectivity index (χ0n) is 22.4. The van der Waals surface area contributed by atoms with Gasteiger partial charge in [-0.1, -0.05) is 31.2 Å². The van der Waals surface area contributed by atoms with Crippen LogP contribution in [0.2, 0.25) is 0 Å². The van der Waals surface area contributed by atoms with Crippen molar-refractivity contribution in [1.82, 2.24) is 9.80 Å². The van der Waals surface area contributed by atoms with Gasteiger partial charge in [0.2, 0.25) is 11.8 Å². The van der Waals surface area contributed by atoms with Gasteiger partial charge in [-0.05, 0) is 50.3 Å². The number of rotatable bonds is 10. The fourth-order valence-electron chi connectivity index (χ4n) is 6.59. The highest BCUT2D eigenvalue weighted by molar-refractivity contribution is 8.02. The normalized spacial score (nSPS) is 28.7. The second-order valence-electron chi connectivity index (χ2n) is 10.6. The molecular weight excluding hydrogens is 486 g/mol. The molecule has 3 saturated heterocycles. The quantitative estimate of drug-likeness (QED) is 0.474. The van der Waals surface area contributed by atoms with Crippen LogP contribution in [0.15, 0.2) is 43.5 Å². The summed E-state index contributed by atoms with van der Waals surface area (Å²) in [6.45, 7) is 14.0. The van der Waals surface area contributed by atoms with E-state index in [1.165, 1.54) is 0 Å². The van der Waals surface area contributed by atoms with Crippen LogP contribution in [0.1, 0.15) is 37.3 Å². The van der Waals surface area contributed by atoms with Crippen LogP contribution in [0.4, 0.5) is 5.69 Å². The first kappa shape index (κ1) is 27.5. The molecule has 0 radical (unpaired) electrons. The molecule has 7 nitrogen and oxygen atoms in total. The minimum Gasteiger partial charge on any atom is -0.394 e. The van der Waals surface area contributed by atoms with Crippen molar-refractivity contribution < 1.29 is 19.5 Å². The van der Waals surface area contributed by atoms with E-state index in [-0.39, 0.29) is 29.6 Å². The molecular formula is C29H39N3O4S. The van der Waals surface area contributed by atoms with E-state index in [9.17, 15) is 19.5 Å². The number of hydrogen-bond acceptors (Lipinski definition) is 5. The molecule has 3 heterocycles. The summed E-state index contributed by atoms with van der Waals surface area (Å²) in [4.78, 5) is 47.4. The average Bonchev–Trinajstić information content (AvgIpc) is 3.52. The summed E-state index contributed by atoms with van der Waals surface area (Å²) in [6.07, 6.45) is 5.37. The van der Waals surface area contributed by atoms with E-state index in [0.717, 1.165) is 23.2 Å². The molecule has 37 heavy (non-hydrogen) atoms. The second kappa shape index (κ2) is 10.7. The molecule has 1 N–H and O–H groups in total. The van der Waals surface area contributed by atoms with Crippen molar-refractivity contribution in [2.75, 3.05) is 31.6 Å². The molecule has 3 fully saturated rings. The summed E-state index contributed by atoms with van der Waals surface area (Å²) in [5.74, 6) is -1.49. The highest BCUT2D eigenvalue weighted by Gasteiger charge is 2.74. The number of carbonyl (C=O) groups is 3. The first-order valence-corrected chi connectivity index (χ1v) is 14.0. The molecule has 0 saturated carbocycles.